The molecule has 1 aromatic carbocycles. The predicted molar refractivity (Wildman–Crippen MR) is 67.7 cm³/mol. The second kappa shape index (κ2) is 4.49. The van der Waals surface area contributed by atoms with Crippen LogP contribution in [0, 0.1) is 0 Å². The lowest BCUT2D eigenvalue weighted by Crippen LogP contribution is -2.36. The van der Waals surface area contributed by atoms with Gasteiger partial charge in [-0.1, -0.05) is 43.2 Å². The highest BCUT2D eigenvalue weighted by Gasteiger charge is 2.36. The van der Waals surface area contributed by atoms with Gasteiger partial charge < -0.3 is 5.73 Å². The van der Waals surface area contributed by atoms with Gasteiger partial charge in [-0.05, 0) is 28.8 Å². The lowest BCUT2D eigenvalue weighted by molar-refractivity contribution is 0.402. The van der Waals surface area contributed by atoms with E-state index in [1.807, 2.05) is 22.9 Å². The third kappa shape index (κ3) is 2.01. The van der Waals surface area contributed by atoms with E-state index in [9.17, 15) is 0 Å². The Hall–Kier alpha value is -1.75. The molecular weight excluding hydrogens is 226 g/mol. The molecule has 1 aliphatic carbocycles. The van der Waals surface area contributed by atoms with Crippen LogP contribution in [-0.2, 0) is 12.1 Å². The molecule has 0 bridgehead atoms. The fourth-order valence-electron chi connectivity index (χ4n) is 2.65. The summed E-state index contributed by atoms with van der Waals surface area (Å²) in [4.78, 5) is 0. The lowest BCUT2D eigenvalue weighted by atomic mass is 9.98. The average Bonchev–Trinajstić information content (AvgIpc) is 3.00. The Balaban J connectivity index is 1.88. The molecule has 3 rings (SSSR count). The number of rotatable bonds is 3. The second-order valence-corrected chi connectivity index (χ2v) is 5.01. The molecule has 18 heavy (non-hydrogen) atoms. The number of nitrogens with zero attached hydrogens (tertiary/aromatic N) is 4. The zero-order valence-electron chi connectivity index (χ0n) is 10.3. The summed E-state index contributed by atoms with van der Waals surface area (Å²) in [6, 6.07) is 10.2. The SMILES string of the molecule is NC1(c2nnnn2Cc2ccccc2)CCCC1. The molecule has 0 radical (unpaired) electrons. The minimum Gasteiger partial charge on any atom is -0.319 e. The van der Waals surface area contributed by atoms with E-state index < -0.39 is 0 Å². The molecule has 5 heteroatoms. The van der Waals surface area contributed by atoms with Crippen molar-refractivity contribution >= 4 is 0 Å². The molecule has 1 saturated carbocycles. The van der Waals surface area contributed by atoms with Crippen molar-refractivity contribution in [3.8, 4) is 0 Å². The van der Waals surface area contributed by atoms with Gasteiger partial charge >= 0.3 is 0 Å². The molecule has 1 aliphatic rings. The molecule has 0 saturated heterocycles. The summed E-state index contributed by atoms with van der Waals surface area (Å²) in [5, 5.41) is 12.0. The van der Waals surface area contributed by atoms with Gasteiger partial charge in [0.1, 0.15) is 0 Å². The summed E-state index contributed by atoms with van der Waals surface area (Å²) < 4.78 is 1.83. The van der Waals surface area contributed by atoms with Crippen LogP contribution < -0.4 is 5.73 Å². The van der Waals surface area contributed by atoms with Gasteiger partial charge in [-0.3, -0.25) is 0 Å². The maximum atomic E-state index is 6.42. The Morgan fingerprint density at radius 3 is 2.61 bits per heavy atom. The van der Waals surface area contributed by atoms with Gasteiger partial charge in [-0.15, -0.1) is 5.10 Å². The van der Waals surface area contributed by atoms with Gasteiger partial charge in [-0.2, -0.15) is 0 Å². The molecule has 1 aromatic heterocycles. The Labute approximate surface area is 106 Å². The smallest absolute Gasteiger partial charge is 0.171 e. The zero-order chi connectivity index (χ0) is 12.4. The van der Waals surface area contributed by atoms with Crippen LogP contribution in [-0.4, -0.2) is 20.2 Å². The highest BCUT2D eigenvalue weighted by atomic mass is 15.5. The van der Waals surface area contributed by atoms with Gasteiger partial charge in [0.05, 0.1) is 12.1 Å². The molecule has 1 heterocycles. The maximum absolute atomic E-state index is 6.42. The number of hydrogen-bond donors (Lipinski definition) is 1. The molecule has 0 atom stereocenters. The van der Waals surface area contributed by atoms with Crippen molar-refractivity contribution in [2.75, 3.05) is 0 Å². The van der Waals surface area contributed by atoms with Gasteiger partial charge in [-0.25, -0.2) is 4.68 Å². The average molecular weight is 243 g/mol. The van der Waals surface area contributed by atoms with E-state index in [0.717, 1.165) is 31.5 Å². The van der Waals surface area contributed by atoms with Crippen LogP contribution in [0.1, 0.15) is 37.1 Å². The van der Waals surface area contributed by atoms with Crippen LogP contribution in [0.5, 0.6) is 0 Å². The van der Waals surface area contributed by atoms with Crippen molar-refractivity contribution in [3.05, 3.63) is 41.7 Å². The van der Waals surface area contributed by atoms with Gasteiger partial charge in [0, 0.05) is 0 Å². The molecule has 0 unspecified atom stereocenters. The second-order valence-electron chi connectivity index (χ2n) is 5.01. The third-order valence-electron chi connectivity index (χ3n) is 3.65. The Morgan fingerprint density at radius 1 is 1.17 bits per heavy atom. The fraction of sp³-hybridized carbons (Fsp3) is 0.462. The van der Waals surface area contributed by atoms with Crippen molar-refractivity contribution in [2.24, 2.45) is 5.73 Å². The van der Waals surface area contributed by atoms with Crippen LogP contribution in [0.15, 0.2) is 30.3 Å². The molecule has 5 nitrogen and oxygen atoms in total. The van der Waals surface area contributed by atoms with Crippen molar-refractivity contribution in [1.82, 2.24) is 20.2 Å². The van der Waals surface area contributed by atoms with Crippen LogP contribution in [0.3, 0.4) is 0 Å². The van der Waals surface area contributed by atoms with E-state index in [2.05, 4.69) is 27.7 Å². The van der Waals surface area contributed by atoms with Crippen LogP contribution in [0.25, 0.3) is 0 Å². The summed E-state index contributed by atoms with van der Waals surface area (Å²) >= 11 is 0. The number of benzene rings is 1. The Morgan fingerprint density at radius 2 is 1.89 bits per heavy atom. The summed E-state index contributed by atoms with van der Waals surface area (Å²) in [6.07, 6.45) is 4.27. The number of nitrogens with two attached hydrogens (primary N) is 1. The van der Waals surface area contributed by atoms with Crippen molar-refractivity contribution in [1.29, 1.82) is 0 Å². The molecule has 0 aliphatic heterocycles. The van der Waals surface area contributed by atoms with E-state index in [-0.39, 0.29) is 5.54 Å². The Kier molecular flexibility index (Phi) is 2.83. The van der Waals surface area contributed by atoms with E-state index in [1.165, 1.54) is 5.56 Å². The summed E-state index contributed by atoms with van der Waals surface area (Å²) in [7, 11) is 0. The molecular formula is C13H17N5. The first-order chi connectivity index (χ1) is 8.78. The third-order valence-corrected chi connectivity index (χ3v) is 3.65. The quantitative estimate of drug-likeness (QED) is 0.885. The first-order valence-electron chi connectivity index (χ1n) is 6.37. The maximum Gasteiger partial charge on any atom is 0.171 e. The first-order valence-corrected chi connectivity index (χ1v) is 6.37. The van der Waals surface area contributed by atoms with Crippen LogP contribution in [0.4, 0.5) is 0 Å². The first kappa shape index (κ1) is 11.3. The molecule has 0 spiro atoms. The summed E-state index contributed by atoms with van der Waals surface area (Å²) in [5.41, 5.74) is 7.27. The van der Waals surface area contributed by atoms with Gasteiger partial charge in [0.25, 0.3) is 0 Å². The lowest BCUT2D eigenvalue weighted by Gasteiger charge is -2.21. The summed E-state index contributed by atoms with van der Waals surface area (Å²) in [5.74, 6) is 0.823. The normalized spacial score (nSPS) is 18.1. The van der Waals surface area contributed by atoms with Crippen LogP contribution in [0.2, 0.25) is 0 Å². The summed E-state index contributed by atoms with van der Waals surface area (Å²) in [6.45, 7) is 0.683. The highest BCUT2D eigenvalue weighted by molar-refractivity contribution is 5.16. The number of hydrogen-bond acceptors (Lipinski definition) is 4. The molecule has 94 valence electrons. The van der Waals surface area contributed by atoms with Crippen LogP contribution >= 0.6 is 0 Å². The van der Waals surface area contributed by atoms with E-state index in [4.69, 9.17) is 5.73 Å². The number of tetrazole rings is 1. The van der Waals surface area contributed by atoms with Crippen molar-refractivity contribution < 1.29 is 0 Å². The largest absolute Gasteiger partial charge is 0.319 e. The monoisotopic (exact) mass is 243 g/mol. The zero-order valence-corrected chi connectivity index (χ0v) is 10.3. The van der Waals surface area contributed by atoms with E-state index >= 15 is 0 Å². The minimum atomic E-state index is -0.335. The highest BCUT2D eigenvalue weighted by Crippen LogP contribution is 2.34. The van der Waals surface area contributed by atoms with E-state index in [0.29, 0.717) is 6.54 Å². The molecule has 0 amide bonds. The molecule has 2 aromatic rings. The molecule has 1 fully saturated rings. The van der Waals surface area contributed by atoms with Crippen molar-refractivity contribution in [2.45, 2.75) is 37.8 Å². The number of aromatic nitrogens is 4. The standard InChI is InChI=1S/C13H17N5/c14-13(8-4-5-9-13)12-15-16-17-18(12)10-11-6-2-1-3-7-11/h1-3,6-7H,4-5,8-10,14H2. The van der Waals surface area contributed by atoms with Gasteiger partial charge in [0.2, 0.25) is 0 Å². The predicted octanol–water partition coefficient (Wildman–Crippen LogP) is 1.45. The topological polar surface area (TPSA) is 69.6 Å². The fourth-order valence-corrected chi connectivity index (χ4v) is 2.65. The van der Waals surface area contributed by atoms with E-state index in [1.54, 1.807) is 0 Å². The Bertz CT molecular complexity index is 513. The molecule has 2 N–H and O–H groups in total. The minimum absolute atomic E-state index is 0.335. The van der Waals surface area contributed by atoms with Gasteiger partial charge in [0.15, 0.2) is 5.82 Å². The van der Waals surface area contributed by atoms with Crippen molar-refractivity contribution in [3.63, 3.8) is 0 Å².